The van der Waals surface area contributed by atoms with Crippen LogP contribution in [0.1, 0.15) is 11.1 Å². The molecule has 84 valence electrons. The number of rotatable bonds is 2. The van der Waals surface area contributed by atoms with Crippen molar-refractivity contribution in [2.24, 2.45) is 0 Å². The van der Waals surface area contributed by atoms with Gasteiger partial charge < -0.3 is 12.9 Å². The van der Waals surface area contributed by atoms with E-state index >= 15 is 0 Å². The van der Waals surface area contributed by atoms with E-state index in [0.717, 1.165) is 0 Å². The van der Waals surface area contributed by atoms with Crippen molar-refractivity contribution in [3.8, 4) is 0 Å². The van der Waals surface area contributed by atoms with Crippen LogP contribution in [0.5, 0.6) is 0 Å². The van der Waals surface area contributed by atoms with Gasteiger partial charge in [-0.15, -0.1) is 0 Å². The molecule has 0 amide bonds. The largest absolute Gasteiger partial charge is 0.499 e. The van der Waals surface area contributed by atoms with Crippen LogP contribution in [0, 0.1) is 13.8 Å². The number of aromatic nitrogens is 2. The summed E-state index contributed by atoms with van der Waals surface area (Å²) in [5.74, 6) is 0. The SMILES string of the molecule is Cc1c(C)c(=O)n(C[B-](F)(F)F)[nH]c1=O. The Hall–Kier alpha value is -1.47. The molecule has 0 saturated carbocycles. The summed E-state index contributed by atoms with van der Waals surface area (Å²) in [4.78, 5) is 22.4. The molecule has 1 aromatic rings. The van der Waals surface area contributed by atoms with Crippen molar-refractivity contribution < 1.29 is 12.9 Å². The highest BCUT2D eigenvalue weighted by molar-refractivity contribution is 6.57. The van der Waals surface area contributed by atoms with Gasteiger partial charge in [0, 0.05) is 17.6 Å². The Bertz CT molecular complexity index is 488. The highest BCUT2D eigenvalue weighted by Crippen LogP contribution is 2.09. The summed E-state index contributed by atoms with van der Waals surface area (Å²) in [5, 5.41) is 1.89. The molecular formula is C7H9BF3N2O2-. The Morgan fingerprint density at radius 1 is 1.20 bits per heavy atom. The predicted octanol–water partition coefficient (Wildman–Crippen LogP) is 0.540. The standard InChI is InChI=1S/C7H9BF3N2O2/c1-4-5(2)7(15)13(12-6(4)14)3-8(9,10)11/h3H2,1-2H3,(H,12,14)/q-1. The van der Waals surface area contributed by atoms with Gasteiger partial charge >= 0.3 is 6.98 Å². The van der Waals surface area contributed by atoms with Gasteiger partial charge in [0.2, 0.25) is 0 Å². The monoisotopic (exact) mass is 221 g/mol. The molecule has 0 aromatic carbocycles. The third-order valence-corrected chi connectivity index (χ3v) is 2.10. The van der Waals surface area contributed by atoms with E-state index in [1.54, 1.807) is 0 Å². The molecule has 15 heavy (non-hydrogen) atoms. The van der Waals surface area contributed by atoms with Crippen molar-refractivity contribution in [2.75, 3.05) is 0 Å². The molecule has 0 radical (unpaired) electrons. The van der Waals surface area contributed by atoms with Crippen molar-refractivity contribution in [1.29, 1.82) is 0 Å². The summed E-state index contributed by atoms with van der Waals surface area (Å²) in [5.41, 5.74) is -1.30. The Morgan fingerprint density at radius 2 is 1.73 bits per heavy atom. The van der Waals surface area contributed by atoms with Crippen LogP contribution in [0.3, 0.4) is 0 Å². The molecule has 0 fully saturated rings. The first-order valence-corrected chi connectivity index (χ1v) is 4.23. The van der Waals surface area contributed by atoms with Crippen molar-refractivity contribution in [3.63, 3.8) is 0 Å². The number of aromatic amines is 1. The number of hydrogen-bond donors (Lipinski definition) is 1. The molecule has 1 rings (SSSR count). The summed E-state index contributed by atoms with van der Waals surface area (Å²) >= 11 is 0. The predicted molar refractivity (Wildman–Crippen MR) is 49.9 cm³/mol. The lowest BCUT2D eigenvalue weighted by atomic mass is 9.92. The second-order valence-corrected chi connectivity index (χ2v) is 3.32. The quantitative estimate of drug-likeness (QED) is 0.741. The number of H-pyrrole nitrogens is 1. The molecule has 0 aliphatic heterocycles. The third-order valence-electron chi connectivity index (χ3n) is 2.10. The topological polar surface area (TPSA) is 54.9 Å². The lowest BCUT2D eigenvalue weighted by molar-refractivity contribution is 0.428. The fourth-order valence-electron chi connectivity index (χ4n) is 1.13. The first-order valence-electron chi connectivity index (χ1n) is 4.23. The zero-order valence-electron chi connectivity index (χ0n) is 8.18. The third kappa shape index (κ3) is 2.51. The van der Waals surface area contributed by atoms with Gasteiger partial charge in [0.25, 0.3) is 11.1 Å². The van der Waals surface area contributed by atoms with Crippen LogP contribution in [0.15, 0.2) is 9.59 Å². The molecule has 1 aromatic heterocycles. The average Bonchev–Trinajstić information content (AvgIpc) is 2.08. The lowest BCUT2D eigenvalue weighted by Gasteiger charge is -2.15. The fourth-order valence-corrected chi connectivity index (χ4v) is 1.13. The minimum Gasteiger partial charge on any atom is -0.448 e. The number of halogens is 3. The summed E-state index contributed by atoms with van der Waals surface area (Å²) in [6.45, 7) is -2.43. The summed E-state index contributed by atoms with van der Waals surface area (Å²) in [6, 6.07) is 0. The first kappa shape index (κ1) is 11.6. The van der Waals surface area contributed by atoms with Crippen molar-refractivity contribution in [1.82, 2.24) is 9.78 Å². The van der Waals surface area contributed by atoms with Crippen LogP contribution in [-0.4, -0.2) is 16.8 Å². The lowest BCUT2D eigenvalue weighted by Crippen LogP contribution is -2.39. The maximum atomic E-state index is 12.1. The zero-order chi connectivity index (χ0) is 11.8. The Labute approximate surface area is 82.8 Å². The molecule has 0 spiro atoms. The molecule has 1 N–H and O–H groups in total. The highest BCUT2D eigenvalue weighted by atomic mass is 19.4. The van der Waals surface area contributed by atoms with Crippen molar-refractivity contribution >= 4 is 6.98 Å². The molecule has 0 saturated heterocycles. The van der Waals surface area contributed by atoms with Gasteiger partial charge in [-0.05, 0) is 13.8 Å². The maximum absolute atomic E-state index is 12.1. The molecule has 0 atom stereocenters. The van der Waals surface area contributed by atoms with E-state index in [4.69, 9.17) is 0 Å². The van der Waals surface area contributed by atoms with Crippen molar-refractivity contribution in [3.05, 3.63) is 31.8 Å². The van der Waals surface area contributed by atoms with Crippen LogP contribution in [-0.2, 0) is 6.44 Å². The minimum atomic E-state index is -5.15. The molecule has 0 aliphatic rings. The molecule has 0 aliphatic carbocycles. The van der Waals surface area contributed by atoms with E-state index in [0.29, 0.717) is 4.68 Å². The number of hydrogen-bond acceptors (Lipinski definition) is 2. The van der Waals surface area contributed by atoms with E-state index in [2.05, 4.69) is 0 Å². The van der Waals surface area contributed by atoms with E-state index in [1.807, 2.05) is 5.10 Å². The van der Waals surface area contributed by atoms with E-state index in [-0.39, 0.29) is 11.1 Å². The molecule has 0 unspecified atom stereocenters. The number of nitrogens with zero attached hydrogens (tertiary/aromatic N) is 1. The maximum Gasteiger partial charge on any atom is 0.499 e. The van der Waals surface area contributed by atoms with E-state index in [9.17, 15) is 22.5 Å². The van der Waals surface area contributed by atoms with Crippen LogP contribution in [0.25, 0.3) is 0 Å². The average molecular weight is 221 g/mol. The van der Waals surface area contributed by atoms with Gasteiger partial charge in [0.1, 0.15) is 0 Å². The van der Waals surface area contributed by atoms with Gasteiger partial charge in [0.05, 0.1) is 0 Å². The fraction of sp³-hybridized carbons (Fsp3) is 0.429. The first-order chi connectivity index (χ1) is 6.72. The second-order valence-electron chi connectivity index (χ2n) is 3.32. The minimum absolute atomic E-state index is 0.0406. The summed E-state index contributed by atoms with van der Waals surface area (Å²) in [7, 11) is 0. The van der Waals surface area contributed by atoms with Gasteiger partial charge in [-0.25, -0.2) is 0 Å². The number of nitrogens with one attached hydrogen (secondary N) is 1. The molecular weight excluding hydrogens is 212 g/mol. The van der Waals surface area contributed by atoms with Gasteiger partial charge in [-0.1, -0.05) is 0 Å². The van der Waals surface area contributed by atoms with Crippen molar-refractivity contribution in [2.45, 2.75) is 20.3 Å². The molecule has 8 heteroatoms. The van der Waals surface area contributed by atoms with Crippen LogP contribution in [0.4, 0.5) is 12.9 Å². The second kappa shape index (κ2) is 3.60. The zero-order valence-corrected chi connectivity index (χ0v) is 8.18. The summed E-state index contributed by atoms with van der Waals surface area (Å²) in [6.07, 6.45) is -1.42. The normalized spacial score (nSPS) is 11.8. The van der Waals surface area contributed by atoms with Crippen LogP contribution < -0.4 is 11.1 Å². The Balaban J connectivity index is 3.34. The highest BCUT2D eigenvalue weighted by Gasteiger charge is 2.25. The Kier molecular flexibility index (Phi) is 2.78. The van der Waals surface area contributed by atoms with Gasteiger partial charge in [0.15, 0.2) is 0 Å². The van der Waals surface area contributed by atoms with Crippen LogP contribution >= 0.6 is 0 Å². The molecule has 4 nitrogen and oxygen atoms in total. The summed E-state index contributed by atoms with van der Waals surface area (Å²) < 4.78 is 36.5. The smallest absolute Gasteiger partial charge is 0.448 e. The molecule has 0 bridgehead atoms. The van der Waals surface area contributed by atoms with E-state index in [1.165, 1.54) is 13.8 Å². The van der Waals surface area contributed by atoms with Crippen LogP contribution in [0.2, 0.25) is 0 Å². The molecule has 1 heterocycles. The van der Waals surface area contributed by atoms with Gasteiger partial charge in [-0.2, -0.15) is 0 Å². The van der Waals surface area contributed by atoms with E-state index < -0.39 is 24.5 Å². The van der Waals surface area contributed by atoms with Gasteiger partial charge in [-0.3, -0.25) is 19.4 Å². The Morgan fingerprint density at radius 3 is 2.20 bits per heavy atom.